The lowest BCUT2D eigenvalue weighted by molar-refractivity contribution is 0.714. The lowest BCUT2D eigenvalue weighted by Gasteiger charge is -2.28. The fourth-order valence-corrected chi connectivity index (χ4v) is 10.6. The summed E-state index contributed by atoms with van der Waals surface area (Å²) in [4.78, 5) is 2.40. The van der Waals surface area contributed by atoms with Gasteiger partial charge in [0.1, 0.15) is 0 Å². The number of hydrogen-bond acceptors (Lipinski definition) is 1. The predicted molar refractivity (Wildman–Crippen MR) is 283 cm³/mol. The molecule has 1 atom stereocenters. The van der Waals surface area contributed by atoms with Gasteiger partial charge in [-0.1, -0.05) is 231 Å². The first-order chi connectivity index (χ1) is 33.1. The number of rotatable bonds is 9. The first-order valence-electron chi connectivity index (χ1n) is 23.2. The van der Waals surface area contributed by atoms with Crippen LogP contribution in [0.25, 0.3) is 77.5 Å². The van der Waals surface area contributed by atoms with Gasteiger partial charge in [0, 0.05) is 22.5 Å². The van der Waals surface area contributed by atoms with E-state index >= 15 is 0 Å². The molecule has 0 saturated carbocycles. The summed E-state index contributed by atoms with van der Waals surface area (Å²) in [5.74, 6) is 0. The van der Waals surface area contributed by atoms with Gasteiger partial charge in [-0.2, -0.15) is 0 Å². The Labute approximate surface area is 393 Å². The molecule has 11 aromatic carbocycles. The normalized spacial score (nSPS) is 13.8. The van der Waals surface area contributed by atoms with Crippen molar-refractivity contribution in [2.75, 3.05) is 4.90 Å². The van der Waals surface area contributed by atoms with Crippen molar-refractivity contribution >= 4 is 27.8 Å². The van der Waals surface area contributed by atoms with Crippen LogP contribution in [0, 0.1) is 0 Å². The van der Waals surface area contributed by atoms with Gasteiger partial charge in [-0.15, -0.1) is 0 Å². The maximum atomic E-state index is 2.40. The monoisotopic (exact) mass is 853 g/mol. The minimum atomic E-state index is -0.256. The van der Waals surface area contributed by atoms with Crippen molar-refractivity contribution in [1.82, 2.24) is 0 Å². The Balaban J connectivity index is 0.942. The predicted octanol–water partition coefficient (Wildman–Crippen LogP) is 18.0. The van der Waals surface area contributed by atoms with E-state index in [2.05, 4.69) is 279 Å². The second-order valence-corrected chi connectivity index (χ2v) is 17.8. The molecule has 0 N–H and O–H groups in total. The molecule has 1 aliphatic rings. The van der Waals surface area contributed by atoms with Crippen molar-refractivity contribution in [3.8, 4) is 66.8 Å². The average molecular weight is 854 g/mol. The summed E-state index contributed by atoms with van der Waals surface area (Å²) in [5.41, 5.74) is 21.7. The summed E-state index contributed by atoms with van der Waals surface area (Å²) in [6.45, 7) is 2.39. The number of hydrogen-bond donors (Lipinski definition) is 0. The Morgan fingerprint density at radius 1 is 0.284 bits per heavy atom. The second-order valence-electron chi connectivity index (χ2n) is 17.8. The molecule has 1 heteroatoms. The molecule has 1 aliphatic carbocycles. The molecular weight excluding hydrogens is 807 g/mol. The molecule has 67 heavy (non-hydrogen) atoms. The molecule has 0 amide bonds. The first-order valence-corrected chi connectivity index (χ1v) is 23.2. The average Bonchev–Trinajstić information content (AvgIpc) is 3.68. The summed E-state index contributed by atoms with van der Waals surface area (Å²) in [7, 11) is 0. The van der Waals surface area contributed by atoms with Gasteiger partial charge in [0.05, 0.1) is 0 Å². The Hall–Kier alpha value is -8.52. The minimum Gasteiger partial charge on any atom is -0.310 e. The molecule has 316 valence electrons. The number of nitrogens with zero attached hydrogens (tertiary/aromatic N) is 1. The van der Waals surface area contributed by atoms with Crippen LogP contribution in [0.3, 0.4) is 0 Å². The van der Waals surface area contributed by atoms with Gasteiger partial charge >= 0.3 is 0 Å². The summed E-state index contributed by atoms with van der Waals surface area (Å²) in [5, 5.41) is 2.52. The van der Waals surface area contributed by atoms with Crippen LogP contribution in [0.5, 0.6) is 0 Å². The van der Waals surface area contributed by atoms with Crippen LogP contribution in [-0.2, 0) is 5.41 Å². The molecule has 0 bridgehead atoms. The first kappa shape index (κ1) is 40.0. The lowest BCUT2D eigenvalue weighted by atomic mass is 9.74. The largest absolute Gasteiger partial charge is 0.310 e. The van der Waals surface area contributed by atoms with Crippen LogP contribution in [-0.4, -0.2) is 0 Å². The SMILES string of the molecule is CC1(c2ccccc2)c2ccccc2-c2c(-c3ccc(N(c4cccc(-c5ccc(-c6ccccc6)cc5)c4)c4cccc(-c5ccc(-c6cccc7ccccc67)cc5)c4)cc3)cccc21. The van der Waals surface area contributed by atoms with Crippen molar-refractivity contribution < 1.29 is 0 Å². The Bertz CT molecular complexity index is 3550. The van der Waals surface area contributed by atoms with E-state index in [4.69, 9.17) is 0 Å². The fourth-order valence-electron chi connectivity index (χ4n) is 10.6. The Morgan fingerprint density at radius 3 is 1.40 bits per heavy atom. The third kappa shape index (κ3) is 7.13. The molecule has 0 heterocycles. The zero-order valence-corrected chi connectivity index (χ0v) is 37.4. The smallest absolute Gasteiger partial charge is 0.0467 e. The molecule has 1 unspecified atom stereocenters. The lowest BCUT2D eigenvalue weighted by Crippen LogP contribution is -2.22. The number of benzene rings is 11. The van der Waals surface area contributed by atoms with Gasteiger partial charge in [-0.3, -0.25) is 0 Å². The summed E-state index contributed by atoms with van der Waals surface area (Å²) in [6.07, 6.45) is 0. The van der Waals surface area contributed by atoms with Crippen molar-refractivity contribution in [3.05, 3.63) is 284 Å². The van der Waals surface area contributed by atoms with Crippen molar-refractivity contribution in [2.45, 2.75) is 12.3 Å². The van der Waals surface area contributed by atoms with Crippen LogP contribution in [0.1, 0.15) is 23.6 Å². The molecule has 1 nitrogen and oxygen atoms in total. The van der Waals surface area contributed by atoms with Crippen molar-refractivity contribution in [2.24, 2.45) is 0 Å². The molecule has 0 aromatic heterocycles. The molecule has 0 spiro atoms. The highest BCUT2D eigenvalue weighted by atomic mass is 15.1. The van der Waals surface area contributed by atoms with Gasteiger partial charge in [-0.05, 0) is 138 Å². The Kier molecular flexibility index (Phi) is 10.0. The standard InChI is InChI=1S/C66H47N/c1-66(55-22-6-3-7-23-55)63-30-11-10-27-62(63)65-61(29-15-31-64(65)66)52-40-42-56(43-41-52)67(57-24-12-20-53(44-57)48-34-32-47(33-35-48)46-16-4-2-5-17-46)58-25-13-21-54(45-58)49-36-38-51(39-37-49)60-28-14-19-50-18-8-9-26-59(50)60/h2-45H,1H3. The van der Waals surface area contributed by atoms with Crippen molar-refractivity contribution in [3.63, 3.8) is 0 Å². The van der Waals surface area contributed by atoms with Gasteiger partial charge in [0.25, 0.3) is 0 Å². The Morgan fingerprint density at radius 2 is 0.716 bits per heavy atom. The van der Waals surface area contributed by atoms with E-state index in [1.165, 1.54) is 88.7 Å². The molecule has 0 aliphatic heterocycles. The summed E-state index contributed by atoms with van der Waals surface area (Å²) in [6, 6.07) is 97.6. The highest BCUT2D eigenvalue weighted by Gasteiger charge is 2.41. The van der Waals surface area contributed by atoms with Crippen LogP contribution >= 0.6 is 0 Å². The van der Waals surface area contributed by atoms with Gasteiger partial charge in [0.2, 0.25) is 0 Å². The van der Waals surface area contributed by atoms with E-state index in [-0.39, 0.29) is 5.41 Å². The van der Waals surface area contributed by atoms with Crippen LogP contribution < -0.4 is 4.90 Å². The molecule has 12 rings (SSSR count). The van der Waals surface area contributed by atoms with E-state index in [0.717, 1.165) is 22.6 Å². The maximum Gasteiger partial charge on any atom is 0.0467 e. The summed E-state index contributed by atoms with van der Waals surface area (Å²) < 4.78 is 0. The molecule has 0 fully saturated rings. The van der Waals surface area contributed by atoms with E-state index in [1.807, 2.05) is 0 Å². The van der Waals surface area contributed by atoms with Crippen LogP contribution in [0.2, 0.25) is 0 Å². The molecular formula is C66H47N. The van der Waals surface area contributed by atoms with Gasteiger partial charge in [0.15, 0.2) is 0 Å². The number of fused-ring (bicyclic) bond motifs is 4. The zero-order valence-electron chi connectivity index (χ0n) is 37.4. The highest BCUT2D eigenvalue weighted by Crippen LogP contribution is 2.55. The van der Waals surface area contributed by atoms with Crippen LogP contribution in [0.15, 0.2) is 267 Å². The van der Waals surface area contributed by atoms with E-state index < -0.39 is 0 Å². The molecule has 11 aromatic rings. The quantitative estimate of drug-likeness (QED) is 0.140. The number of anilines is 3. The highest BCUT2D eigenvalue weighted by molar-refractivity contribution is 5.97. The molecule has 0 saturated heterocycles. The second kappa shape index (κ2) is 16.8. The topological polar surface area (TPSA) is 3.24 Å². The van der Waals surface area contributed by atoms with E-state index in [1.54, 1.807) is 0 Å². The third-order valence-corrected chi connectivity index (χ3v) is 14.0. The van der Waals surface area contributed by atoms with E-state index in [9.17, 15) is 0 Å². The van der Waals surface area contributed by atoms with Crippen molar-refractivity contribution in [1.29, 1.82) is 0 Å². The van der Waals surface area contributed by atoms with E-state index in [0.29, 0.717) is 0 Å². The van der Waals surface area contributed by atoms with Crippen LogP contribution in [0.4, 0.5) is 17.1 Å². The fraction of sp³-hybridized carbons (Fsp3) is 0.0303. The van der Waals surface area contributed by atoms with Gasteiger partial charge < -0.3 is 4.90 Å². The van der Waals surface area contributed by atoms with Gasteiger partial charge in [-0.25, -0.2) is 0 Å². The summed E-state index contributed by atoms with van der Waals surface area (Å²) >= 11 is 0. The molecule has 0 radical (unpaired) electrons. The third-order valence-electron chi connectivity index (χ3n) is 14.0. The maximum absolute atomic E-state index is 2.40. The minimum absolute atomic E-state index is 0.256. The zero-order chi connectivity index (χ0) is 44.7.